The van der Waals surface area contributed by atoms with Gasteiger partial charge in [-0.2, -0.15) is 13.2 Å². The van der Waals surface area contributed by atoms with Gasteiger partial charge >= 0.3 is 6.18 Å². The Bertz CT molecular complexity index is 360. The maximum atomic E-state index is 12.5. The number of rotatable bonds is 2. The van der Waals surface area contributed by atoms with Crippen LogP contribution in [0.2, 0.25) is 0 Å². The number of hydrogen-bond acceptors (Lipinski definition) is 1. The molecular formula is C10H10F3NO. The third-order valence-electron chi connectivity index (χ3n) is 1.95. The van der Waals surface area contributed by atoms with Gasteiger partial charge in [0.1, 0.15) is 0 Å². The third-order valence-corrected chi connectivity index (χ3v) is 1.95. The Morgan fingerprint density at radius 2 is 1.93 bits per heavy atom. The summed E-state index contributed by atoms with van der Waals surface area (Å²) in [4.78, 5) is 11.0. The van der Waals surface area contributed by atoms with Crippen LogP contribution in [0.5, 0.6) is 0 Å². The van der Waals surface area contributed by atoms with Crippen LogP contribution in [0.4, 0.5) is 13.2 Å². The first kappa shape index (κ1) is 11.6. The van der Waals surface area contributed by atoms with E-state index in [0.29, 0.717) is 0 Å². The number of alkyl halides is 3. The molecule has 0 radical (unpaired) electrons. The fourth-order valence-electron chi connectivity index (χ4n) is 1.21. The molecule has 1 rings (SSSR count). The van der Waals surface area contributed by atoms with Gasteiger partial charge in [0.15, 0.2) is 0 Å². The second-order valence-electron chi connectivity index (χ2n) is 3.00. The molecule has 1 N–H and O–H groups in total. The molecule has 0 aromatic heterocycles. The molecule has 0 saturated heterocycles. The maximum absolute atomic E-state index is 12.5. The third kappa shape index (κ3) is 2.97. The van der Waals surface area contributed by atoms with E-state index in [4.69, 9.17) is 0 Å². The van der Waals surface area contributed by atoms with Crippen molar-refractivity contribution in [1.82, 2.24) is 5.32 Å². The zero-order chi connectivity index (χ0) is 11.5. The van der Waals surface area contributed by atoms with Crippen LogP contribution in [0.3, 0.4) is 0 Å². The molecule has 2 nitrogen and oxygen atoms in total. The quantitative estimate of drug-likeness (QED) is 0.806. The van der Waals surface area contributed by atoms with Crippen LogP contribution >= 0.6 is 0 Å². The van der Waals surface area contributed by atoms with Crippen molar-refractivity contribution in [3.8, 4) is 0 Å². The van der Waals surface area contributed by atoms with Gasteiger partial charge in [-0.05, 0) is 11.6 Å². The lowest BCUT2D eigenvalue weighted by Crippen LogP contribution is -2.22. The molecule has 0 aliphatic heterocycles. The largest absolute Gasteiger partial charge is 0.416 e. The van der Waals surface area contributed by atoms with Gasteiger partial charge in [0.25, 0.3) is 0 Å². The summed E-state index contributed by atoms with van der Waals surface area (Å²) in [5.41, 5.74) is -0.766. The van der Waals surface area contributed by atoms with Crippen molar-refractivity contribution in [2.75, 3.05) is 7.05 Å². The number of halogens is 3. The van der Waals surface area contributed by atoms with Crippen molar-refractivity contribution in [2.24, 2.45) is 0 Å². The zero-order valence-electron chi connectivity index (χ0n) is 8.06. The van der Waals surface area contributed by atoms with E-state index < -0.39 is 17.6 Å². The van der Waals surface area contributed by atoms with E-state index in [0.717, 1.165) is 6.07 Å². The number of nitrogens with one attached hydrogen (secondary N) is 1. The zero-order valence-corrected chi connectivity index (χ0v) is 8.06. The van der Waals surface area contributed by atoms with Crippen molar-refractivity contribution in [2.45, 2.75) is 12.6 Å². The van der Waals surface area contributed by atoms with E-state index in [1.165, 1.54) is 25.2 Å². The summed E-state index contributed by atoms with van der Waals surface area (Å²) < 4.78 is 37.4. The monoisotopic (exact) mass is 217 g/mol. The average Bonchev–Trinajstić information content (AvgIpc) is 2.17. The van der Waals surface area contributed by atoms with Crippen LogP contribution in [-0.4, -0.2) is 13.0 Å². The second kappa shape index (κ2) is 4.33. The molecule has 0 saturated carbocycles. The minimum Gasteiger partial charge on any atom is -0.359 e. The van der Waals surface area contributed by atoms with Crippen LogP contribution in [-0.2, 0) is 17.4 Å². The molecule has 0 fully saturated rings. The summed E-state index contributed by atoms with van der Waals surface area (Å²) in [7, 11) is 1.39. The average molecular weight is 217 g/mol. The fourth-order valence-corrected chi connectivity index (χ4v) is 1.21. The first-order chi connectivity index (χ1) is 6.95. The lowest BCUT2D eigenvalue weighted by molar-refractivity contribution is -0.138. The Labute approximate surface area is 85.1 Å². The molecule has 0 aliphatic carbocycles. The first-order valence-electron chi connectivity index (χ1n) is 4.31. The van der Waals surface area contributed by atoms with Crippen LogP contribution in [0.15, 0.2) is 24.3 Å². The molecule has 0 spiro atoms. The first-order valence-corrected chi connectivity index (χ1v) is 4.31. The molecule has 15 heavy (non-hydrogen) atoms. The van der Waals surface area contributed by atoms with Gasteiger partial charge < -0.3 is 5.32 Å². The van der Waals surface area contributed by atoms with Crippen LogP contribution < -0.4 is 5.32 Å². The van der Waals surface area contributed by atoms with E-state index in [1.54, 1.807) is 0 Å². The smallest absolute Gasteiger partial charge is 0.359 e. The van der Waals surface area contributed by atoms with Crippen LogP contribution in [0.1, 0.15) is 11.1 Å². The van der Waals surface area contributed by atoms with Gasteiger partial charge in [0.05, 0.1) is 12.0 Å². The fraction of sp³-hybridized carbons (Fsp3) is 0.300. The normalized spacial score (nSPS) is 11.2. The number of carbonyl (C=O) groups excluding carboxylic acids is 1. The van der Waals surface area contributed by atoms with Crippen molar-refractivity contribution in [1.29, 1.82) is 0 Å². The highest BCUT2D eigenvalue weighted by atomic mass is 19.4. The highest BCUT2D eigenvalue weighted by Gasteiger charge is 2.33. The molecule has 5 heteroatoms. The summed E-state index contributed by atoms with van der Waals surface area (Å²) in [5.74, 6) is -0.438. The highest BCUT2D eigenvalue weighted by molar-refractivity contribution is 5.78. The minimum absolute atomic E-state index is 0.00986. The summed E-state index contributed by atoms with van der Waals surface area (Å²) in [5, 5.41) is 2.29. The van der Waals surface area contributed by atoms with Crippen molar-refractivity contribution in [3.05, 3.63) is 35.4 Å². The van der Waals surface area contributed by atoms with Gasteiger partial charge in [0.2, 0.25) is 5.91 Å². The van der Waals surface area contributed by atoms with Crippen molar-refractivity contribution < 1.29 is 18.0 Å². The van der Waals surface area contributed by atoms with E-state index in [1.807, 2.05) is 0 Å². The summed E-state index contributed by atoms with van der Waals surface area (Å²) in [6, 6.07) is 5.06. The van der Waals surface area contributed by atoms with E-state index >= 15 is 0 Å². The molecule has 0 heterocycles. The van der Waals surface area contributed by atoms with Gasteiger partial charge in [-0.15, -0.1) is 0 Å². The summed E-state index contributed by atoms with van der Waals surface area (Å²) in [6.45, 7) is 0. The van der Waals surface area contributed by atoms with E-state index in [9.17, 15) is 18.0 Å². The Hall–Kier alpha value is -1.52. The molecule has 0 bridgehead atoms. The molecule has 82 valence electrons. The Morgan fingerprint density at radius 1 is 1.33 bits per heavy atom. The molecular weight excluding hydrogens is 207 g/mol. The number of amides is 1. The van der Waals surface area contributed by atoms with Gasteiger partial charge in [-0.25, -0.2) is 0 Å². The highest BCUT2D eigenvalue weighted by Crippen LogP contribution is 2.31. The number of hydrogen-bond donors (Lipinski definition) is 1. The van der Waals surface area contributed by atoms with Crippen LogP contribution in [0.25, 0.3) is 0 Å². The number of benzene rings is 1. The topological polar surface area (TPSA) is 29.1 Å². The summed E-state index contributed by atoms with van der Waals surface area (Å²) in [6.07, 6.45) is -4.67. The molecule has 0 atom stereocenters. The molecule has 1 amide bonds. The second-order valence-corrected chi connectivity index (χ2v) is 3.00. The minimum atomic E-state index is -4.41. The lowest BCUT2D eigenvalue weighted by atomic mass is 10.0. The van der Waals surface area contributed by atoms with Gasteiger partial charge in [-0.1, -0.05) is 18.2 Å². The Morgan fingerprint density at radius 3 is 2.47 bits per heavy atom. The Kier molecular flexibility index (Phi) is 3.34. The van der Waals surface area contributed by atoms with E-state index in [2.05, 4.69) is 5.32 Å². The SMILES string of the molecule is CNC(=O)Cc1ccccc1C(F)(F)F. The molecule has 0 aliphatic rings. The number of likely N-dealkylation sites (N-methyl/N-ethyl adjacent to an activating group) is 1. The lowest BCUT2D eigenvalue weighted by Gasteiger charge is -2.11. The molecule has 0 unspecified atom stereocenters. The van der Waals surface area contributed by atoms with Crippen molar-refractivity contribution in [3.63, 3.8) is 0 Å². The predicted molar refractivity (Wildman–Crippen MR) is 49.2 cm³/mol. The standard InChI is InChI=1S/C10H10F3NO/c1-14-9(15)6-7-4-2-3-5-8(7)10(11,12)13/h2-5H,6H2,1H3,(H,14,15). The molecule has 1 aromatic rings. The van der Waals surface area contributed by atoms with Gasteiger partial charge in [0, 0.05) is 7.05 Å². The van der Waals surface area contributed by atoms with Crippen molar-refractivity contribution >= 4 is 5.91 Å². The Balaban J connectivity index is 3.02. The number of carbonyl (C=O) groups is 1. The predicted octanol–water partition coefficient (Wildman–Crippen LogP) is 1.99. The maximum Gasteiger partial charge on any atom is 0.416 e. The summed E-state index contributed by atoms with van der Waals surface area (Å²) >= 11 is 0. The molecule has 1 aromatic carbocycles. The van der Waals surface area contributed by atoms with Gasteiger partial charge in [-0.3, -0.25) is 4.79 Å². The van der Waals surface area contributed by atoms with E-state index in [-0.39, 0.29) is 12.0 Å². The van der Waals surface area contributed by atoms with Crippen LogP contribution in [0, 0.1) is 0 Å².